The zero-order valence-corrected chi connectivity index (χ0v) is 20.7. The molecule has 1 amide bonds. The van der Waals surface area contributed by atoms with E-state index < -0.39 is 0 Å². The van der Waals surface area contributed by atoms with Gasteiger partial charge in [-0.15, -0.1) is 0 Å². The Labute approximate surface area is 189 Å². The maximum Gasteiger partial charge on any atom is 0.219 e. The van der Waals surface area contributed by atoms with E-state index in [0.717, 1.165) is 38.0 Å². The maximum atomic E-state index is 12.5. The molecule has 2 atom stereocenters. The molecular formula is C26H43NO4. The minimum Gasteiger partial charge on any atom is -0.493 e. The van der Waals surface area contributed by atoms with Crippen LogP contribution in [-0.4, -0.2) is 44.3 Å². The van der Waals surface area contributed by atoms with Crippen molar-refractivity contribution in [2.75, 3.05) is 27.4 Å². The zero-order valence-electron chi connectivity index (χ0n) is 20.7. The van der Waals surface area contributed by atoms with E-state index in [1.807, 2.05) is 23.1 Å². The molecule has 1 saturated heterocycles. The number of rotatable bonds is 11. The Bertz CT molecular complexity index is 703. The first-order chi connectivity index (χ1) is 14.7. The second kappa shape index (κ2) is 11.8. The van der Waals surface area contributed by atoms with Crippen LogP contribution >= 0.6 is 0 Å². The number of benzene rings is 1. The van der Waals surface area contributed by atoms with Gasteiger partial charge in [0.1, 0.15) is 0 Å². The molecule has 0 saturated carbocycles. The van der Waals surface area contributed by atoms with E-state index in [0.29, 0.717) is 36.0 Å². The molecule has 0 aromatic heterocycles. The summed E-state index contributed by atoms with van der Waals surface area (Å²) in [6.45, 7) is 13.0. The number of ether oxygens (including phenoxy) is 3. The summed E-state index contributed by atoms with van der Waals surface area (Å²) in [6.07, 6.45) is 5.96. The first-order valence-electron chi connectivity index (χ1n) is 11.8. The Hall–Kier alpha value is -1.75. The molecule has 5 heteroatoms. The Morgan fingerprint density at radius 1 is 1.16 bits per heavy atom. The molecule has 2 rings (SSSR count). The van der Waals surface area contributed by atoms with Gasteiger partial charge >= 0.3 is 0 Å². The van der Waals surface area contributed by atoms with Crippen molar-refractivity contribution < 1.29 is 19.0 Å². The number of carbonyl (C=O) groups excluding carboxylic acids is 1. The van der Waals surface area contributed by atoms with Crippen LogP contribution in [0, 0.1) is 17.3 Å². The quantitative estimate of drug-likeness (QED) is 0.449. The van der Waals surface area contributed by atoms with E-state index in [1.165, 1.54) is 12.8 Å². The van der Waals surface area contributed by atoms with Crippen molar-refractivity contribution in [1.29, 1.82) is 0 Å². The topological polar surface area (TPSA) is 48.0 Å². The lowest BCUT2D eigenvalue weighted by molar-refractivity contribution is -0.130. The molecule has 1 fully saturated rings. The van der Waals surface area contributed by atoms with Crippen LogP contribution in [0.25, 0.3) is 0 Å². The van der Waals surface area contributed by atoms with E-state index in [-0.39, 0.29) is 11.3 Å². The molecule has 1 heterocycles. The number of carbonyl (C=O) groups is 1. The van der Waals surface area contributed by atoms with Crippen LogP contribution in [0.3, 0.4) is 0 Å². The molecule has 0 radical (unpaired) electrons. The Morgan fingerprint density at radius 3 is 2.45 bits per heavy atom. The molecule has 0 aliphatic carbocycles. The van der Waals surface area contributed by atoms with Gasteiger partial charge in [-0.1, -0.05) is 40.2 Å². The van der Waals surface area contributed by atoms with E-state index in [1.54, 1.807) is 21.1 Å². The van der Waals surface area contributed by atoms with Gasteiger partial charge in [0.15, 0.2) is 11.5 Å². The standard InChI is InChI=1S/C26H43NO4/c1-19(2)10-11-26(13-15-31-25(17-26)20(3)4)12-14-27(21(5)28)18-22-8-9-23(29-6)24(16-22)30-7/h8-9,16,19-20,25H,10-15,17-18H2,1-7H3/t25-,26+/m1/s1. The number of hydrogen-bond donors (Lipinski definition) is 0. The summed E-state index contributed by atoms with van der Waals surface area (Å²) in [6, 6.07) is 5.88. The van der Waals surface area contributed by atoms with Crippen LogP contribution in [0.15, 0.2) is 18.2 Å². The lowest BCUT2D eigenvalue weighted by Crippen LogP contribution is -2.41. The maximum absolute atomic E-state index is 12.5. The third-order valence-corrected chi connectivity index (χ3v) is 6.77. The van der Waals surface area contributed by atoms with Crippen LogP contribution in [0.5, 0.6) is 11.5 Å². The van der Waals surface area contributed by atoms with Crippen molar-refractivity contribution in [2.45, 2.75) is 79.4 Å². The second-order valence-corrected chi connectivity index (χ2v) is 9.92. The summed E-state index contributed by atoms with van der Waals surface area (Å²) < 4.78 is 16.9. The summed E-state index contributed by atoms with van der Waals surface area (Å²) in [5.74, 6) is 2.72. The summed E-state index contributed by atoms with van der Waals surface area (Å²) >= 11 is 0. The highest BCUT2D eigenvalue weighted by Gasteiger charge is 2.38. The molecule has 5 nitrogen and oxygen atoms in total. The SMILES string of the molecule is COc1ccc(CN(CC[C@@]2(CCC(C)C)CCO[C@@H](C(C)C)C2)C(C)=O)cc1OC. The van der Waals surface area contributed by atoms with Gasteiger partial charge in [0.25, 0.3) is 0 Å². The number of nitrogens with zero attached hydrogens (tertiary/aromatic N) is 1. The van der Waals surface area contributed by atoms with Crippen molar-refractivity contribution >= 4 is 5.91 Å². The van der Waals surface area contributed by atoms with Crippen LogP contribution in [-0.2, 0) is 16.1 Å². The van der Waals surface area contributed by atoms with Gasteiger partial charge in [-0.25, -0.2) is 0 Å². The molecule has 1 aliphatic rings. The summed E-state index contributed by atoms with van der Waals surface area (Å²) in [5.41, 5.74) is 1.30. The zero-order chi connectivity index (χ0) is 23.0. The number of methoxy groups -OCH3 is 2. The normalized spacial score (nSPS) is 21.4. The van der Waals surface area contributed by atoms with Crippen LogP contribution in [0.4, 0.5) is 0 Å². The molecule has 1 aromatic rings. The Balaban J connectivity index is 2.13. The highest BCUT2D eigenvalue weighted by atomic mass is 16.5. The smallest absolute Gasteiger partial charge is 0.219 e. The monoisotopic (exact) mass is 433 g/mol. The van der Waals surface area contributed by atoms with Crippen LogP contribution in [0.2, 0.25) is 0 Å². The lowest BCUT2D eigenvalue weighted by Gasteiger charge is -2.44. The van der Waals surface area contributed by atoms with Crippen molar-refractivity contribution in [3.63, 3.8) is 0 Å². The van der Waals surface area contributed by atoms with Crippen LogP contribution in [0.1, 0.15) is 72.3 Å². The predicted octanol–water partition coefficient (Wildman–Crippen LogP) is 5.70. The van der Waals surface area contributed by atoms with Crippen molar-refractivity contribution in [3.8, 4) is 11.5 Å². The Morgan fingerprint density at radius 2 is 1.87 bits per heavy atom. The van der Waals surface area contributed by atoms with E-state index >= 15 is 0 Å². The molecule has 1 aromatic carbocycles. The van der Waals surface area contributed by atoms with Crippen molar-refractivity contribution in [2.24, 2.45) is 17.3 Å². The lowest BCUT2D eigenvalue weighted by atomic mass is 9.69. The molecule has 31 heavy (non-hydrogen) atoms. The second-order valence-electron chi connectivity index (χ2n) is 9.92. The average Bonchev–Trinajstić information content (AvgIpc) is 2.75. The minimum atomic E-state index is 0.112. The average molecular weight is 434 g/mol. The van der Waals surface area contributed by atoms with E-state index in [9.17, 15) is 4.79 Å². The number of amides is 1. The first kappa shape index (κ1) is 25.5. The highest BCUT2D eigenvalue weighted by molar-refractivity contribution is 5.73. The molecular weight excluding hydrogens is 390 g/mol. The predicted molar refractivity (Wildman–Crippen MR) is 126 cm³/mol. The van der Waals surface area contributed by atoms with Gasteiger partial charge in [-0.2, -0.15) is 0 Å². The van der Waals surface area contributed by atoms with Crippen molar-refractivity contribution in [3.05, 3.63) is 23.8 Å². The fraction of sp³-hybridized carbons (Fsp3) is 0.731. The van der Waals surface area contributed by atoms with Gasteiger partial charge in [0, 0.05) is 26.6 Å². The highest BCUT2D eigenvalue weighted by Crippen LogP contribution is 2.43. The largest absolute Gasteiger partial charge is 0.493 e. The third-order valence-electron chi connectivity index (χ3n) is 6.77. The number of hydrogen-bond acceptors (Lipinski definition) is 4. The fourth-order valence-electron chi connectivity index (χ4n) is 4.54. The fourth-order valence-corrected chi connectivity index (χ4v) is 4.54. The summed E-state index contributed by atoms with van der Waals surface area (Å²) in [5, 5.41) is 0. The van der Waals surface area contributed by atoms with Crippen molar-refractivity contribution in [1.82, 2.24) is 4.90 Å². The molecule has 0 bridgehead atoms. The molecule has 0 N–H and O–H groups in total. The minimum absolute atomic E-state index is 0.112. The van der Waals surface area contributed by atoms with Gasteiger partial charge in [-0.3, -0.25) is 4.79 Å². The molecule has 0 unspecified atom stereocenters. The summed E-state index contributed by atoms with van der Waals surface area (Å²) in [4.78, 5) is 14.5. The molecule has 0 spiro atoms. The molecule has 176 valence electrons. The third kappa shape index (κ3) is 7.41. The van der Waals surface area contributed by atoms with E-state index in [2.05, 4.69) is 27.7 Å². The van der Waals surface area contributed by atoms with E-state index in [4.69, 9.17) is 14.2 Å². The first-order valence-corrected chi connectivity index (χ1v) is 11.8. The molecule has 1 aliphatic heterocycles. The van der Waals surface area contributed by atoms with Gasteiger partial charge in [0.05, 0.1) is 20.3 Å². The summed E-state index contributed by atoms with van der Waals surface area (Å²) in [7, 11) is 3.27. The van der Waals surface area contributed by atoms with Gasteiger partial charge < -0.3 is 19.1 Å². The van der Waals surface area contributed by atoms with Gasteiger partial charge in [-0.05, 0) is 60.6 Å². The van der Waals surface area contributed by atoms with Gasteiger partial charge in [0.2, 0.25) is 5.91 Å². The van der Waals surface area contributed by atoms with Crippen LogP contribution < -0.4 is 9.47 Å². The Kier molecular flexibility index (Phi) is 9.67.